The Morgan fingerprint density at radius 1 is 1.33 bits per heavy atom. The zero-order valence-corrected chi connectivity index (χ0v) is 7.96. The molecule has 0 aliphatic heterocycles. The Bertz CT molecular complexity index is 107. The average molecular weight is 193 g/mol. The van der Waals surface area contributed by atoms with E-state index in [9.17, 15) is 8.78 Å². The first-order valence-corrected chi connectivity index (χ1v) is 5.48. The lowest BCUT2D eigenvalue weighted by atomic mass is 10.1. The molecule has 1 fully saturated rings. The van der Waals surface area contributed by atoms with Crippen molar-refractivity contribution in [1.29, 1.82) is 0 Å². The highest BCUT2D eigenvalue weighted by Gasteiger charge is 2.19. The van der Waals surface area contributed by atoms with Gasteiger partial charge in [-0.2, -0.15) is 8.78 Å². The van der Waals surface area contributed by atoms with Gasteiger partial charge < -0.3 is 0 Å². The monoisotopic (exact) mass is 193 g/mol. The summed E-state index contributed by atoms with van der Waals surface area (Å²) >= 11 is 0.647. The normalized spacial score (nSPS) is 17.2. The van der Waals surface area contributed by atoms with Crippen molar-refractivity contribution in [3.8, 4) is 0 Å². The van der Waals surface area contributed by atoms with Crippen LogP contribution in [-0.2, 0) is 0 Å². The number of rotatable bonds is 7. The first-order chi connectivity index (χ1) is 5.79. The summed E-state index contributed by atoms with van der Waals surface area (Å²) in [6.45, 7) is 0. The maximum absolute atomic E-state index is 11.6. The minimum absolute atomic E-state index is 0.647. The molecule has 0 N–H and O–H groups in total. The molecule has 1 radical (unpaired) electrons. The number of thioether (sulfide) groups is 1. The highest BCUT2D eigenvalue weighted by molar-refractivity contribution is 8.01. The lowest BCUT2D eigenvalue weighted by molar-refractivity contribution is 0.252. The molecule has 0 unspecified atom stereocenters. The van der Waals surface area contributed by atoms with Gasteiger partial charge >= 0.3 is 0 Å². The SMILES string of the molecule is FC(F)S[CH]CCCCC1CC1. The van der Waals surface area contributed by atoms with Crippen LogP contribution >= 0.6 is 11.8 Å². The first-order valence-electron chi connectivity index (χ1n) is 4.54. The predicted octanol–water partition coefficient (Wildman–Crippen LogP) is 4.07. The Kier molecular flexibility index (Phi) is 4.96. The Hall–Kier alpha value is 0.210. The van der Waals surface area contributed by atoms with Crippen molar-refractivity contribution in [2.75, 3.05) is 0 Å². The molecule has 0 nitrogen and oxygen atoms in total. The van der Waals surface area contributed by atoms with Gasteiger partial charge in [0.2, 0.25) is 0 Å². The summed E-state index contributed by atoms with van der Waals surface area (Å²) in [6, 6.07) is 0. The molecule has 0 atom stereocenters. The van der Waals surface area contributed by atoms with Gasteiger partial charge in [0.1, 0.15) is 0 Å². The second-order valence-electron chi connectivity index (χ2n) is 3.29. The Labute approximate surface area is 77.1 Å². The van der Waals surface area contributed by atoms with E-state index in [1.54, 1.807) is 5.75 Å². The van der Waals surface area contributed by atoms with E-state index in [2.05, 4.69) is 0 Å². The van der Waals surface area contributed by atoms with Crippen molar-refractivity contribution in [1.82, 2.24) is 0 Å². The van der Waals surface area contributed by atoms with Crippen LogP contribution < -0.4 is 0 Å². The third-order valence-corrected chi connectivity index (χ3v) is 2.71. The molecule has 0 spiro atoms. The lowest BCUT2D eigenvalue weighted by Crippen LogP contribution is -1.82. The van der Waals surface area contributed by atoms with Crippen molar-refractivity contribution in [3.63, 3.8) is 0 Å². The van der Waals surface area contributed by atoms with Crippen LogP contribution in [0.25, 0.3) is 0 Å². The molecular formula is C9H15F2S. The zero-order chi connectivity index (χ0) is 8.81. The smallest absolute Gasteiger partial charge is 0.198 e. The van der Waals surface area contributed by atoms with Gasteiger partial charge in [-0.3, -0.25) is 0 Å². The van der Waals surface area contributed by atoms with Crippen LogP contribution in [0.1, 0.15) is 38.5 Å². The molecule has 1 aliphatic rings. The van der Waals surface area contributed by atoms with Gasteiger partial charge in [-0.25, -0.2) is 0 Å². The van der Waals surface area contributed by atoms with Crippen molar-refractivity contribution in [2.45, 2.75) is 44.3 Å². The molecule has 0 aromatic heterocycles. The fourth-order valence-corrected chi connectivity index (χ4v) is 1.66. The molecular weight excluding hydrogens is 178 g/mol. The van der Waals surface area contributed by atoms with Crippen LogP contribution in [0.2, 0.25) is 0 Å². The quantitative estimate of drug-likeness (QED) is 0.549. The highest BCUT2D eigenvalue weighted by Crippen LogP contribution is 2.34. The van der Waals surface area contributed by atoms with Gasteiger partial charge in [-0.05, 0) is 12.3 Å². The summed E-state index contributed by atoms with van der Waals surface area (Å²) < 4.78 is 23.2. The first kappa shape index (κ1) is 10.3. The van der Waals surface area contributed by atoms with Crippen molar-refractivity contribution in [3.05, 3.63) is 5.75 Å². The summed E-state index contributed by atoms with van der Waals surface area (Å²) in [5.74, 6) is 0.388. The van der Waals surface area contributed by atoms with E-state index in [1.165, 1.54) is 25.7 Å². The van der Waals surface area contributed by atoms with Crippen molar-refractivity contribution < 1.29 is 8.78 Å². The molecule has 0 bridgehead atoms. The topological polar surface area (TPSA) is 0 Å². The minimum Gasteiger partial charge on any atom is -0.198 e. The zero-order valence-electron chi connectivity index (χ0n) is 7.14. The van der Waals surface area contributed by atoms with Crippen molar-refractivity contribution >= 4 is 11.8 Å². The van der Waals surface area contributed by atoms with Gasteiger partial charge in [0, 0.05) is 5.75 Å². The Morgan fingerprint density at radius 2 is 2.08 bits per heavy atom. The number of alkyl halides is 2. The molecule has 1 saturated carbocycles. The van der Waals surface area contributed by atoms with Crippen LogP contribution in [0.4, 0.5) is 8.78 Å². The Balaban J connectivity index is 1.70. The van der Waals surface area contributed by atoms with Gasteiger partial charge in [0.15, 0.2) is 0 Å². The van der Waals surface area contributed by atoms with Gasteiger partial charge in [0.25, 0.3) is 5.76 Å². The van der Waals surface area contributed by atoms with E-state index < -0.39 is 5.76 Å². The molecule has 0 heterocycles. The third-order valence-electron chi connectivity index (χ3n) is 2.08. The van der Waals surface area contributed by atoms with E-state index in [1.807, 2.05) is 0 Å². The van der Waals surface area contributed by atoms with Crippen molar-refractivity contribution in [2.24, 2.45) is 5.92 Å². The molecule has 12 heavy (non-hydrogen) atoms. The van der Waals surface area contributed by atoms with E-state index in [0.29, 0.717) is 11.8 Å². The minimum atomic E-state index is -2.23. The maximum atomic E-state index is 11.6. The molecule has 0 saturated heterocycles. The summed E-state index contributed by atoms with van der Waals surface area (Å²) in [4.78, 5) is 0. The third kappa shape index (κ3) is 5.81. The molecule has 71 valence electrons. The van der Waals surface area contributed by atoms with Gasteiger partial charge in [-0.15, -0.1) is 0 Å². The summed E-state index contributed by atoms with van der Waals surface area (Å²) in [7, 11) is 0. The van der Waals surface area contributed by atoms with Crippen LogP contribution in [0.15, 0.2) is 0 Å². The Morgan fingerprint density at radius 3 is 2.67 bits per heavy atom. The van der Waals surface area contributed by atoms with Crippen LogP contribution in [0.3, 0.4) is 0 Å². The molecule has 1 aliphatic carbocycles. The van der Waals surface area contributed by atoms with E-state index in [4.69, 9.17) is 0 Å². The van der Waals surface area contributed by atoms with E-state index in [-0.39, 0.29) is 0 Å². The summed E-state index contributed by atoms with van der Waals surface area (Å²) in [5, 5.41) is 0. The molecule has 0 aromatic rings. The van der Waals surface area contributed by atoms with Crippen LogP contribution in [-0.4, -0.2) is 5.76 Å². The van der Waals surface area contributed by atoms with Crippen LogP contribution in [0.5, 0.6) is 0 Å². The van der Waals surface area contributed by atoms with Crippen LogP contribution in [0, 0.1) is 11.7 Å². The number of hydrogen-bond donors (Lipinski definition) is 0. The fraction of sp³-hybridized carbons (Fsp3) is 0.889. The number of unbranched alkanes of at least 4 members (excludes halogenated alkanes) is 2. The summed E-state index contributed by atoms with van der Waals surface area (Å²) in [5.41, 5.74) is 0. The van der Waals surface area contributed by atoms with Gasteiger partial charge in [-0.1, -0.05) is 43.9 Å². The van der Waals surface area contributed by atoms with Gasteiger partial charge in [0.05, 0.1) is 0 Å². The fourth-order valence-electron chi connectivity index (χ4n) is 1.21. The lowest BCUT2D eigenvalue weighted by Gasteiger charge is -1.99. The second kappa shape index (κ2) is 5.79. The average Bonchev–Trinajstić information content (AvgIpc) is 2.79. The highest BCUT2D eigenvalue weighted by atomic mass is 32.2. The molecule has 0 aromatic carbocycles. The number of hydrogen-bond acceptors (Lipinski definition) is 1. The maximum Gasteiger partial charge on any atom is 0.284 e. The largest absolute Gasteiger partial charge is 0.284 e. The number of halogens is 2. The van der Waals surface area contributed by atoms with E-state index >= 15 is 0 Å². The molecule has 0 amide bonds. The standard InChI is InChI=1S/C9H15F2S/c10-9(11)12-7-3-1-2-4-8-5-6-8/h7-9H,1-6H2. The molecule has 1 rings (SSSR count). The predicted molar refractivity (Wildman–Crippen MR) is 49.1 cm³/mol. The molecule has 3 heteroatoms. The second-order valence-corrected chi connectivity index (χ2v) is 4.25. The summed E-state index contributed by atoms with van der Waals surface area (Å²) in [6.07, 6.45) is 7.24. The van der Waals surface area contributed by atoms with E-state index in [0.717, 1.165) is 18.8 Å².